The molecule has 1 saturated carbocycles. The molecule has 1 fully saturated rings. The molecule has 1 amide bonds. The Bertz CT molecular complexity index is 560. The Balaban J connectivity index is 1.88. The van der Waals surface area contributed by atoms with Crippen LogP contribution in [-0.4, -0.2) is 23.8 Å². The van der Waals surface area contributed by atoms with Crippen LogP contribution in [0.2, 0.25) is 0 Å². The first-order valence-corrected chi connectivity index (χ1v) is 8.71. The van der Waals surface area contributed by atoms with E-state index in [0.717, 1.165) is 29.3 Å². The molecule has 1 aromatic carbocycles. The molecule has 2 unspecified atom stereocenters. The maximum atomic E-state index is 13.1. The Kier molecular flexibility index (Phi) is 6.03. The van der Waals surface area contributed by atoms with Gasteiger partial charge >= 0.3 is 6.09 Å². The van der Waals surface area contributed by atoms with Crippen molar-refractivity contribution in [2.24, 2.45) is 0 Å². The Labute approximate surface area is 145 Å². The summed E-state index contributed by atoms with van der Waals surface area (Å²) in [6.45, 7) is 6.17. The van der Waals surface area contributed by atoms with Crippen molar-refractivity contribution in [3.05, 3.63) is 34.1 Å². The minimum Gasteiger partial charge on any atom is -0.444 e. The molecule has 1 aliphatic carbocycles. The SMILES string of the molecule is CC(C)(C)OC(=O)NC1CCCC1NCc1ccc(F)cc1Br. The number of hydrogen-bond donors (Lipinski definition) is 2. The quantitative estimate of drug-likeness (QED) is 0.817. The average molecular weight is 387 g/mol. The number of rotatable bonds is 4. The largest absolute Gasteiger partial charge is 0.444 e. The van der Waals surface area contributed by atoms with Gasteiger partial charge in [-0.25, -0.2) is 9.18 Å². The van der Waals surface area contributed by atoms with E-state index in [0.29, 0.717) is 6.54 Å². The maximum Gasteiger partial charge on any atom is 0.407 e. The van der Waals surface area contributed by atoms with E-state index in [2.05, 4.69) is 26.6 Å². The highest BCUT2D eigenvalue weighted by Crippen LogP contribution is 2.22. The fourth-order valence-electron chi connectivity index (χ4n) is 2.74. The zero-order valence-electron chi connectivity index (χ0n) is 13.8. The lowest BCUT2D eigenvalue weighted by molar-refractivity contribution is 0.0498. The van der Waals surface area contributed by atoms with Gasteiger partial charge in [0.25, 0.3) is 0 Å². The second kappa shape index (κ2) is 7.62. The van der Waals surface area contributed by atoms with Crippen molar-refractivity contribution in [1.29, 1.82) is 0 Å². The van der Waals surface area contributed by atoms with Crippen molar-refractivity contribution in [3.63, 3.8) is 0 Å². The summed E-state index contributed by atoms with van der Waals surface area (Å²) in [5.74, 6) is -0.258. The highest BCUT2D eigenvalue weighted by Gasteiger charge is 2.29. The van der Waals surface area contributed by atoms with Gasteiger partial charge in [-0.2, -0.15) is 0 Å². The Hall–Kier alpha value is -1.14. The third-order valence-corrected chi connectivity index (χ3v) is 4.53. The Morgan fingerprint density at radius 1 is 1.35 bits per heavy atom. The van der Waals surface area contributed by atoms with Crippen molar-refractivity contribution < 1.29 is 13.9 Å². The topological polar surface area (TPSA) is 50.4 Å². The van der Waals surface area contributed by atoms with Gasteiger partial charge in [0, 0.05) is 23.1 Å². The molecule has 128 valence electrons. The van der Waals surface area contributed by atoms with E-state index in [1.165, 1.54) is 12.1 Å². The van der Waals surface area contributed by atoms with Gasteiger partial charge < -0.3 is 15.4 Å². The summed E-state index contributed by atoms with van der Waals surface area (Å²) in [5, 5.41) is 6.40. The molecule has 2 N–H and O–H groups in total. The summed E-state index contributed by atoms with van der Waals surface area (Å²) in [5.41, 5.74) is 0.499. The van der Waals surface area contributed by atoms with E-state index in [4.69, 9.17) is 4.74 Å². The van der Waals surface area contributed by atoms with E-state index in [-0.39, 0.29) is 24.0 Å². The van der Waals surface area contributed by atoms with Crippen LogP contribution in [0.4, 0.5) is 9.18 Å². The summed E-state index contributed by atoms with van der Waals surface area (Å²) >= 11 is 3.38. The lowest BCUT2D eigenvalue weighted by Gasteiger charge is -2.25. The molecule has 4 nitrogen and oxygen atoms in total. The number of carbonyl (C=O) groups excluding carboxylic acids is 1. The van der Waals surface area contributed by atoms with Gasteiger partial charge in [-0.3, -0.25) is 0 Å². The van der Waals surface area contributed by atoms with Gasteiger partial charge in [-0.1, -0.05) is 22.0 Å². The van der Waals surface area contributed by atoms with Gasteiger partial charge in [-0.15, -0.1) is 0 Å². The number of hydrogen-bond acceptors (Lipinski definition) is 3. The van der Waals surface area contributed by atoms with E-state index in [1.54, 1.807) is 6.07 Å². The molecule has 0 aliphatic heterocycles. The number of ether oxygens (including phenoxy) is 1. The number of alkyl carbamates (subject to hydrolysis) is 1. The lowest BCUT2D eigenvalue weighted by atomic mass is 10.1. The van der Waals surface area contributed by atoms with Crippen LogP contribution in [0.1, 0.15) is 45.6 Å². The van der Waals surface area contributed by atoms with Gasteiger partial charge in [-0.05, 0) is 57.7 Å². The van der Waals surface area contributed by atoms with Crippen LogP contribution in [0.25, 0.3) is 0 Å². The first-order valence-electron chi connectivity index (χ1n) is 7.91. The summed E-state index contributed by atoms with van der Waals surface area (Å²) in [7, 11) is 0. The van der Waals surface area contributed by atoms with Crippen LogP contribution in [0.3, 0.4) is 0 Å². The van der Waals surface area contributed by atoms with Crippen LogP contribution in [0.5, 0.6) is 0 Å². The Morgan fingerprint density at radius 3 is 2.70 bits per heavy atom. The number of nitrogens with one attached hydrogen (secondary N) is 2. The molecule has 0 saturated heterocycles. The number of amides is 1. The number of benzene rings is 1. The maximum absolute atomic E-state index is 13.1. The van der Waals surface area contributed by atoms with Crippen LogP contribution in [0, 0.1) is 5.82 Å². The zero-order valence-corrected chi connectivity index (χ0v) is 15.4. The third-order valence-electron chi connectivity index (χ3n) is 3.79. The summed E-state index contributed by atoms with van der Waals surface area (Å²) < 4.78 is 19.2. The van der Waals surface area contributed by atoms with Crippen molar-refractivity contribution in [1.82, 2.24) is 10.6 Å². The molecular weight excluding hydrogens is 363 g/mol. The standard InChI is InChI=1S/C17H24BrFN2O2/c1-17(2,3)23-16(22)21-15-6-4-5-14(15)20-10-11-7-8-12(19)9-13(11)18/h7-9,14-15,20H,4-6,10H2,1-3H3,(H,21,22). The minimum atomic E-state index is -0.495. The van der Waals surface area contributed by atoms with Crippen molar-refractivity contribution in [2.45, 2.75) is 64.3 Å². The predicted molar refractivity (Wildman–Crippen MR) is 91.7 cm³/mol. The van der Waals surface area contributed by atoms with Crippen molar-refractivity contribution in [2.75, 3.05) is 0 Å². The third kappa shape index (κ3) is 5.77. The fraction of sp³-hybridized carbons (Fsp3) is 0.588. The monoisotopic (exact) mass is 386 g/mol. The second-order valence-electron chi connectivity index (χ2n) is 6.91. The molecule has 0 heterocycles. The molecule has 0 spiro atoms. The predicted octanol–water partition coefficient (Wildman–Crippen LogP) is 4.12. The molecule has 0 aromatic heterocycles. The van der Waals surface area contributed by atoms with Crippen LogP contribution in [-0.2, 0) is 11.3 Å². The van der Waals surface area contributed by atoms with E-state index < -0.39 is 5.60 Å². The van der Waals surface area contributed by atoms with Gasteiger partial charge in [0.1, 0.15) is 11.4 Å². The summed E-state index contributed by atoms with van der Waals surface area (Å²) in [6, 6.07) is 4.93. The molecule has 1 aliphatic rings. The van der Waals surface area contributed by atoms with Gasteiger partial charge in [0.15, 0.2) is 0 Å². The van der Waals surface area contributed by atoms with Crippen LogP contribution < -0.4 is 10.6 Å². The van der Waals surface area contributed by atoms with Gasteiger partial charge in [0.05, 0.1) is 0 Å². The molecular formula is C17H24BrFN2O2. The van der Waals surface area contributed by atoms with Crippen LogP contribution in [0.15, 0.2) is 22.7 Å². The number of carbonyl (C=O) groups is 1. The van der Waals surface area contributed by atoms with Crippen molar-refractivity contribution in [3.8, 4) is 0 Å². The Morgan fingerprint density at radius 2 is 2.04 bits per heavy atom. The van der Waals surface area contributed by atoms with Crippen molar-refractivity contribution >= 4 is 22.0 Å². The molecule has 0 bridgehead atoms. The molecule has 0 radical (unpaired) electrons. The first-order chi connectivity index (χ1) is 10.7. The molecule has 23 heavy (non-hydrogen) atoms. The van der Waals surface area contributed by atoms with Crippen LogP contribution >= 0.6 is 15.9 Å². The average Bonchev–Trinajstić information content (AvgIpc) is 2.82. The van der Waals surface area contributed by atoms with E-state index >= 15 is 0 Å². The normalized spacial score (nSPS) is 21.3. The zero-order chi connectivity index (χ0) is 17.0. The minimum absolute atomic E-state index is 0.0593. The number of halogens is 2. The first kappa shape index (κ1) is 18.2. The molecule has 1 aromatic rings. The molecule has 2 rings (SSSR count). The molecule has 2 atom stereocenters. The van der Waals surface area contributed by atoms with Gasteiger partial charge in [0.2, 0.25) is 0 Å². The summed E-state index contributed by atoms with van der Waals surface area (Å²) in [6.07, 6.45) is 2.61. The lowest BCUT2D eigenvalue weighted by Crippen LogP contribution is -2.47. The second-order valence-corrected chi connectivity index (χ2v) is 7.76. The van der Waals surface area contributed by atoms with E-state index in [1.807, 2.05) is 20.8 Å². The highest BCUT2D eigenvalue weighted by atomic mass is 79.9. The van der Waals surface area contributed by atoms with E-state index in [9.17, 15) is 9.18 Å². The smallest absolute Gasteiger partial charge is 0.407 e. The fourth-order valence-corrected chi connectivity index (χ4v) is 3.23. The molecule has 6 heteroatoms. The summed E-state index contributed by atoms with van der Waals surface area (Å²) in [4.78, 5) is 11.9. The highest BCUT2D eigenvalue weighted by molar-refractivity contribution is 9.10.